The predicted octanol–water partition coefficient (Wildman–Crippen LogP) is 2.23. The van der Waals surface area contributed by atoms with Crippen LogP contribution < -0.4 is 5.32 Å². The van der Waals surface area contributed by atoms with Gasteiger partial charge in [-0.2, -0.15) is 0 Å². The number of nitrogens with one attached hydrogen (secondary N) is 1. The van der Waals surface area contributed by atoms with Gasteiger partial charge in [0.15, 0.2) is 11.5 Å². The Labute approximate surface area is 117 Å². The van der Waals surface area contributed by atoms with E-state index >= 15 is 0 Å². The Morgan fingerprint density at radius 1 is 1.00 bits per heavy atom. The zero-order valence-electron chi connectivity index (χ0n) is 11.0. The third-order valence-corrected chi connectivity index (χ3v) is 3.80. The summed E-state index contributed by atoms with van der Waals surface area (Å²) in [5, 5.41) is 32.5. The summed E-state index contributed by atoms with van der Waals surface area (Å²) in [5.74, 6) is 0.132. The largest absolute Gasteiger partial charge is 0.508 e. The van der Waals surface area contributed by atoms with E-state index in [0.717, 1.165) is 29.7 Å². The molecule has 1 unspecified atom stereocenters. The van der Waals surface area contributed by atoms with Crippen molar-refractivity contribution in [1.29, 1.82) is 0 Å². The van der Waals surface area contributed by atoms with Crippen molar-refractivity contribution in [2.75, 3.05) is 6.54 Å². The normalized spacial score (nSPS) is 17.7. The molecule has 0 spiro atoms. The van der Waals surface area contributed by atoms with E-state index in [1.165, 1.54) is 6.07 Å². The maximum atomic E-state index is 10.1. The van der Waals surface area contributed by atoms with Crippen LogP contribution in [0.1, 0.15) is 22.7 Å². The first kappa shape index (κ1) is 12.8. The molecule has 20 heavy (non-hydrogen) atoms. The van der Waals surface area contributed by atoms with Crippen LogP contribution in [-0.4, -0.2) is 21.9 Å². The number of fused-ring (bicyclic) bond motifs is 1. The summed E-state index contributed by atoms with van der Waals surface area (Å²) in [4.78, 5) is 0. The van der Waals surface area contributed by atoms with Gasteiger partial charge >= 0.3 is 0 Å². The Bertz CT molecular complexity index is 622. The van der Waals surface area contributed by atoms with E-state index in [0.29, 0.717) is 6.42 Å². The molecule has 0 bridgehead atoms. The minimum absolute atomic E-state index is 0.0292. The van der Waals surface area contributed by atoms with E-state index in [1.54, 1.807) is 12.1 Å². The fourth-order valence-corrected chi connectivity index (χ4v) is 2.77. The molecular formula is C16H17NO3. The SMILES string of the molecule is Oc1ccc(CC2NCCc3ccc(O)c(O)c32)cc1. The quantitative estimate of drug-likeness (QED) is 0.632. The van der Waals surface area contributed by atoms with E-state index < -0.39 is 0 Å². The first-order valence-electron chi connectivity index (χ1n) is 6.70. The molecule has 2 aromatic carbocycles. The van der Waals surface area contributed by atoms with Gasteiger partial charge in [-0.3, -0.25) is 0 Å². The van der Waals surface area contributed by atoms with Gasteiger partial charge < -0.3 is 20.6 Å². The molecule has 104 valence electrons. The van der Waals surface area contributed by atoms with Crippen LogP contribution in [0.5, 0.6) is 17.2 Å². The lowest BCUT2D eigenvalue weighted by Crippen LogP contribution is -2.31. The van der Waals surface area contributed by atoms with Crippen molar-refractivity contribution >= 4 is 0 Å². The summed E-state index contributed by atoms with van der Waals surface area (Å²) < 4.78 is 0. The Kier molecular flexibility index (Phi) is 3.24. The van der Waals surface area contributed by atoms with Gasteiger partial charge in [0.1, 0.15) is 5.75 Å². The van der Waals surface area contributed by atoms with E-state index in [-0.39, 0.29) is 23.3 Å². The van der Waals surface area contributed by atoms with E-state index in [1.807, 2.05) is 18.2 Å². The predicted molar refractivity (Wildman–Crippen MR) is 76.0 cm³/mol. The van der Waals surface area contributed by atoms with Crippen LogP contribution in [-0.2, 0) is 12.8 Å². The van der Waals surface area contributed by atoms with Crippen LogP contribution in [0.15, 0.2) is 36.4 Å². The van der Waals surface area contributed by atoms with Gasteiger partial charge in [0.25, 0.3) is 0 Å². The van der Waals surface area contributed by atoms with Gasteiger partial charge in [-0.15, -0.1) is 0 Å². The summed E-state index contributed by atoms with van der Waals surface area (Å²) in [7, 11) is 0. The molecule has 1 aliphatic heterocycles. The maximum Gasteiger partial charge on any atom is 0.162 e. The number of benzene rings is 2. The summed E-state index contributed by atoms with van der Waals surface area (Å²) >= 11 is 0. The van der Waals surface area contributed by atoms with Crippen molar-refractivity contribution < 1.29 is 15.3 Å². The van der Waals surface area contributed by atoms with Gasteiger partial charge in [-0.05, 0) is 48.7 Å². The van der Waals surface area contributed by atoms with Crippen LogP contribution in [0.2, 0.25) is 0 Å². The van der Waals surface area contributed by atoms with Gasteiger partial charge in [-0.1, -0.05) is 18.2 Å². The average molecular weight is 271 g/mol. The van der Waals surface area contributed by atoms with Gasteiger partial charge in [0, 0.05) is 11.6 Å². The fraction of sp³-hybridized carbons (Fsp3) is 0.250. The summed E-state index contributed by atoms with van der Waals surface area (Å²) in [6.45, 7) is 0.847. The van der Waals surface area contributed by atoms with E-state index in [2.05, 4.69) is 5.32 Å². The number of rotatable bonds is 2. The van der Waals surface area contributed by atoms with Crippen molar-refractivity contribution in [3.63, 3.8) is 0 Å². The maximum absolute atomic E-state index is 10.1. The molecule has 0 radical (unpaired) electrons. The van der Waals surface area contributed by atoms with Crippen molar-refractivity contribution in [2.45, 2.75) is 18.9 Å². The molecule has 3 rings (SSSR count). The van der Waals surface area contributed by atoms with Crippen molar-refractivity contribution in [2.24, 2.45) is 0 Å². The second kappa shape index (κ2) is 5.06. The summed E-state index contributed by atoms with van der Waals surface area (Å²) in [6.07, 6.45) is 1.54. The Balaban J connectivity index is 1.93. The molecule has 0 saturated carbocycles. The molecule has 4 heteroatoms. The Morgan fingerprint density at radius 3 is 2.50 bits per heavy atom. The Hall–Kier alpha value is -2.20. The zero-order valence-corrected chi connectivity index (χ0v) is 11.0. The van der Waals surface area contributed by atoms with Crippen LogP contribution in [0.3, 0.4) is 0 Å². The second-order valence-electron chi connectivity index (χ2n) is 5.13. The number of aromatic hydroxyl groups is 3. The van der Waals surface area contributed by atoms with Crippen LogP contribution >= 0.6 is 0 Å². The fourth-order valence-electron chi connectivity index (χ4n) is 2.77. The minimum Gasteiger partial charge on any atom is -0.508 e. The highest BCUT2D eigenvalue weighted by Gasteiger charge is 2.24. The number of phenols is 3. The lowest BCUT2D eigenvalue weighted by Gasteiger charge is -2.28. The molecule has 0 aliphatic carbocycles. The molecule has 1 atom stereocenters. The van der Waals surface area contributed by atoms with Crippen LogP contribution in [0.4, 0.5) is 0 Å². The van der Waals surface area contributed by atoms with Crippen LogP contribution in [0, 0.1) is 0 Å². The molecule has 0 aromatic heterocycles. The lowest BCUT2D eigenvalue weighted by molar-refractivity contribution is 0.383. The molecular weight excluding hydrogens is 254 g/mol. The third kappa shape index (κ3) is 2.30. The average Bonchev–Trinajstić information content (AvgIpc) is 2.45. The molecule has 4 nitrogen and oxygen atoms in total. The monoisotopic (exact) mass is 271 g/mol. The van der Waals surface area contributed by atoms with E-state index in [9.17, 15) is 15.3 Å². The van der Waals surface area contributed by atoms with Gasteiger partial charge in [0.2, 0.25) is 0 Å². The number of hydrogen-bond acceptors (Lipinski definition) is 4. The number of hydrogen-bond donors (Lipinski definition) is 4. The molecule has 0 fully saturated rings. The second-order valence-corrected chi connectivity index (χ2v) is 5.13. The summed E-state index contributed by atoms with van der Waals surface area (Å²) in [5.41, 5.74) is 2.92. The Morgan fingerprint density at radius 2 is 1.75 bits per heavy atom. The highest BCUT2D eigenvalue weighted by molar-refractivity contribution is 5.52. The standard InChI is InChI=1S/C16H17NO3/c18-12-4-1-10(2-5-12)9-13-15-11(7-8-17-13)3-6-14(19)16(15)20/h1-6,13,17-20H,7-9H2. The zero-order chi connectivity index (χ0) is 14.1. The van der Waals surface area contributed by atoms with Gasteiger partial charge in [0.05, 0.1) is 0 Å². The molecule has 4 N–H and O–H groups in total. The first-order valence-corrected chi connectivity index (χ1v) is 6.70. The lowest BCUT2D eigenvalue weighted by atomic mass is 9.89. The molecule has 0 amide bonds. The highest BCUT2D eigenvalue weighted by atomic mass is 16.3. The molecule has 1 heterocycles. The van der Waals surface area contributed by atoms with Crippen molar-refractivity contribution in [1.82, 2.24) is 5.32 Å². The molecule has 2 aromatic rings. The molecule has 0 saturated heterocycles. The van der Waals surface area contributed by atoms with Gasteiger partial charge in [-0.25, -0.2) is 0 Å². The van der Waals surface area contributed by atoms with Crippen molar-refractivity contribution in [3.05, 3.63) is 53.1 Å². The smallest absolute Gasteiger partial charge is 0.162 e. The topological polar surface area (TPSA) is 72.7 Å². The third-order valence-electron chi connectivity index (χ3n) is 3.80. The minimum atomic E-state index is -0.0804. The molecule has 1 aliphatic rings. The first-order chi connectivity index (χ1) is 9.65. The van der Waals surface area contributed by atoms with Crippen molar-refractivity contribution in [3.8, 4) is 17.2 Å². The highest BCUT2D eigenvalue weighted by Crippen LogP contribution is 2.38. The summed E-state index contributed by atoms with van der Waals surface area (Å²) in [6, 6.07) is 10.4. The number of phenolic OH excluding ortho intramolecular Hbond substituents is 3. The van der Waals surface area contributed by atoms with E-state index in [4.69, 9.17) is 0 Å². The van der Waals surface area contributed by atoms with Crippen LogP contribution in [0.25, 0.3) is 0 Å².